The molecule has 1 heterocycles. The Morgan fingerprint density at radius 1 is 1.06 bits per heavy atom. The number of hydrogen-bond donors (Lipinski definition) is 0. The Kier molecular flexibility index (Phi) is 4.17. The summed E-state index contributed by atoms with van der Waals surface area (Å²) in [6, 6.07) is 10.1. The van der Waals surface area contributed by atoms with Crippen LogP contribution in [0.4, 0.5) is 0 Å². The Balaban J connectivity index is 2.06. The lowest BCUT2D eigenvalue weighted by Gasteiger charge is -2.08. The molecule has 2 heteroatoms. The van der Waals surface area contributed by atoms with Crippen LogP contribution in [0, 0.1) is 0 Å². The van der Waals surface area contributed by atoms with E-state index in [4.69, 9.17) is 11.6 Å². The zero-order valence-corrected chi connectivity index (χ0v) is 10.2. The van der Waals surface area contributed by atoms with E-state index in [9.17, 15) is 0 Å². The van der Waals surface area contributed by atoms with Crippen molar-refractivity contribution in [2.45, 2.75) is 19.3 Å². The van der Waals surface area contributed by atoms with E-state index in [1.165, 1.54) is 19.3 Å². The first-order valence-electron chi connectivity index (χ1n) is 5.86. The maximum Gasteiger partial charge on any atom is 0.164 e. The summed E-state index contributed by atoms with van der Waals surface area (Å²) in [6.45, 7) is 2.32. The highest BCUT2D eigenvalue weighted by Crippen LogP contribution is 2.17. The second-order valence-electron chi connectivity index (χ2n) is 4.13. The second kappa shape index (κ2) is 5.86. The van der Waals surface area contributed by atoms with Crippen molar-refractivity contribution < 1.29 is 4.58 Å². The third-order valence-corrected chi connectivity index (χ3v) is 3.22. The van der Waals surface area contributed by atoms with E-state index in [2.05, 4.69) is 10.8 Å². The van der Waals surface area contributed by atoms with E-state index >= 15 is 0 Å². The predicted octanol–water partition coefficient (Wildman–Crippen LogP) is 3.53. The van der Waals surface area contributed by atoms with Crippen molar-refractivity contribution in [2.24, 2.45) is 0 Å². The minimum Gasteiger partial charge on any atom is -0.236 e. The summed E-state index contributed by atoms with van der Waals surface area (Å²) in [5.74, 6) is 0. The average molecular weight is 235 g/mol. The van der Waals surface area contributed by atoms with Gasteiger partial charge in [0, 0.05) is 18.9 Å². The van der Waals surface area contributed by atoms with Gasteiger partial charge in [-0.15, -0.1) is 0 Å². The van der Waals surface area contributed by atoms with Gasteiger partial charge in [-0.2, -0.15) is 0 Å². The van der Waals surface area contributed by atoms with Gasteiger partial charge in [0.15, 0.2) is 6.21 Å². The van der Waals surface area contributed by atoms with Gasteiger partial charge in [-0.1, -0.05) is 41.9 Å². The van der Waals surface area contributed by atoms with E-state index in [1.807, 2.05) is 36.4 Å². The molecule has 0 aliphatic carbocycles. The van der Waals surface area contributed by atoms with Crippen LogP contribution >= 0.6 is 11.6 Å². The van der Waals surface area contributed by atoms with Gasteiger partial charge in [-0.05, 0) is 12.0 Å². The number of benzene rings is 1. The fraction of sp³-hybridized carbons (Fsp3) is 0.357. The van der Waals surface area contributed by atoms with Crippen LogP contribution in [-0.4, -0.2) is 23.9 Å². The summed E-state index contributed by atoms with van der Waals surface area (Å²) < 4.78 is 2.34. The molecular weight excluding hydrogens is 218 g/mol. The fourth-order valence-corrected chi connectivity index (χ4v) is 2.11. The highest BCUT2D eigenvalue weighted by Gasteiger charge is 2.09. The van der Waals surface area contributed by atoms with Crippen LogP contribution in [0.5, 0.6) is 0 Å². The molecule has 1 aliphatic rings. The van der Waals surface area contributed by atoms with E-state index in [0.717, 1.165) is 23.7 Å². The molecule has 1 fully saturated rings. The fourth-order valence-electron chi connectivity index (χ4n) is 1.93. The van der Waals surface area contributed by atoms with Gasteiger partial charge in [0.05, 0.1) is 5.03 Å². The van der Waals surface area contributed by atoms with E-state index < -0.39 is 0 Å². The van der Waals surface area contributed by atoms with Crippen molar-refractivity contribution in [1.29, 1.82) is 0 Å². The molecule has 0 amide bonds. The largest absolute Gasteiger partial charge is 0.236 e. The molecule has 0 atom stereocenters. The maximum atomic E-state index is 6.23. The number of hydrogen-bond acceptors (Lipinski definition) is 0. The van der Waals surface area contributed by atoms with Crippen molar-refractivity contribution in [1.82, 2.24) is 0 Å². The van der Waals surface area contributed by atoms with Gasteiger partial charge in [-0.3, -0.25) is 0 Å². The minimum atomic E-state index is 0.811. The molecule has 0 saturated carbocycles. The monoisotopic (exact) mass is 234 g/mol. The van der Waals surface area contributed by atoms with Gasteiger partial charge in [-0.25, -0.2) is 4.58 Å². The molecule has 0 aromatic heterocycles. The van der Waals surface area contributed by atoms with Crippen LogP contribution in [0.25, 0.3) is 5.03 Å². The van der Waals surface area contributed by atoms with Crippen LogP contribution < -0.4 is 0 Å². The van der Waals surface area contributed by atoms with Crippen molar-refractivity contribution in [2.75, 3.05) is 13.1 Å². The zero-order chi connectivity index (χ0) is 11.2. The first-order chi connectivity index (χ1) is 7.86. The molecule has 1 aliphatic heterocycles. The SMILES string of the molecule is Cl/C(=C\C=[N+]1CCCCC1)c1ccccc1. The summed E-state index contributed by atoms with van der Waals surface area (Å²) in [5, 5.41) is 0.811. The standard InChI is InChI=1S/C14H17ClN/c15-14(13-7-3-1-4-8-13)9-12-16-10-5-2-6-11-16/h1,3-4,7-9,12H,2,5-6,10-11H2/q+1/b14-9-. The molecule has 1 saturated heterocycles. The quantitative estimate of drug-likeness (QED) is 0.689. The highest BCUT2D eigenvalue weighted by atomic mass is 35.5. The van der Waals surface area contributed by atoms with Crippen molar-refractivity contribution in [3.05, 3.63) is 42.0 Å². The predicted molar refractivity (Wildman–Crippen MR) is 70.2 cm³/mol. The van der Waals surface area contributed by atoms with E-state index in [1.54, 1.807) is 0 Å². The van der Waals surface area contributed by atoms with Crippen LogP contribution in [0.1, 0.15) is 24.8 Å². The number of nitrogens with zero attached hydrogens (tertiary/aromatic N) is 1. The second-order valence-corrected chi connectivity index (χ2v) is 4.53. The number of halogens is 1. The molecule has 0 unspecified atom stereocenters. The Morgan fingerprint density at radius 2 is 1.75 bits per heavy atom. The summed E-state index contributed by atoms with van der Waals surface area (Å²) in [5.41, 5.74) is 1.08. The van der Waals surface area contributed by atoms with Crippen LogP contribution in [0.15, 0.2) is 36.4 Å². The van der Waals surface area contributed by atoms with Crippen LogP contribution in [0.3, 0.4) is 0 Å². The van der Waals surface area contributed by atoms with Gasteiger partial charge < -0.3 is 0 Å². The Hall–Kier alpha value is -1.08. The smallest absolute Gasteiger partial charge is 0.164 e. The molecule has 84 valence electrons. The van der Waals surface area contributed by atoms with Gasteiger partial charge in [0.1, 0.15) is 13.1 Å². The number of piperidine rings is 1. The lowest BCUT2D eigenvalue weighted by Crippen LogP contribution is -2.20. The highest BCUT2D eigenvalue weighted by molar-refractivity contribution is 6.49. The topological polar surface area (TPSA) is 3.01 Å². The molecular formula is C14H17ClN+. The van der Waals surface area contributed by atoms with Gasteiger partial charge >= 0.3 is 0 Å². The lowest BCUT2D eigenvalue weighted by atomic mass is 10.1. The Labute approximate surface area is 102 Å². The molecule has 16 heavy (non-hydrogen) atoms. The first-order valence-corrected chi connectivity index (χ1v) is 6.24. The van der Waals surface area contributed by atoms with Crippen LogP contribution in [-0.2, 0) is 0 Å². The van der Waals surface area contributed by atoms with Gasteiger partial charge in [0.2, 0.25) is 0 Å². The Bertz CT molecular complexity index is 384. The Morgan fingerprint density at radius 3 is 2.44 bits per heavy atom. The zero-order valence-electron chi connectivity index (χ0n) is 9.40. The van der Waals surface area contributed by atoms with E-state index in [-0.39, 0.29) is 0 Å². The normalized spacial score (nSPS) is 17.3. The summed E-state index contributed by atoms with van der Waals surface area (Å²) >= 11 is 6.23. The molecule has 0 N–H and O–H groups in total. The third-order valence-electron chi connectivity index (χ3n) is 2.87. The third kappa shape index (κ3) is 3.21. The molecule has 1 nitrogen and oxygen atoms in total. The van der Waals surface area contributed by atoms with E-state index in [0.29, 0.717) is 0 Å². The van der Waals surface area contributed by atoms with Crippen molar-refractivity contribution in [3.63, 3.8) is 0 Å². The molecule has 0 spiro atoms. The summed E-state index contributed by atoms with van der Waals surface area (Å²) in [7, 11) is 0. The first kappa shape index (κ1) is 11.4. The molecule has 2 rings (SSSR count). The molecule has 0 bridgehead atoms. The summed E-state index contributed by atoms with van der Waals surface area (Å²) in [6.07, 6.45) is 8.08. The van der Waals surface area contributed by atoms with Gasteiger partial charge in [0.25, 0.3) is 0 Å². The molecule has 1 aromatic carbocycles. The molecule has 0 radical (unpaired) electrons. The molecule has 1 aromatic rings. The average Bonchev–Trinajstić information content (AvgIpc) is 2.38. The number of rotatable bonds is 2. The number of allylic oxidation sites excluding steroid dienone is 1. The van der Waals surface area contributed by atoms with Crippen molar-refractivity contribution >= 4 is 22.8 Å². The lowest BCUT2D eigenvalue weighted by molar-refractivity contribution is -0.532. The maximum absolute atomic E-state index is 6.23. The summed E-state index contributed by atoms with van der Waals surface area (Å²) in [4.78, 5) is 0. The minimum absolute atomic E-state index is 0.811. The van der Waals surface area contributed by atoms with Crippen LogP contribution in [0.2, 0.25) is 0 Å². The van der Waals surface area contributed by atoms with Crippen molar-refractivity contribution in [3.8, 4) is 0 Å².